The number of nitrogens with zero attached hydrogens (tertiary/aromatic N) is 1. The highest BCUT2D eigenvalue weighted by Crippen LogP contribution is 2.39. The number of benzene rings is 3. The van der Waals surface area contributed by atoms with Crippen LogP contribution in [0.4, 0.5) is 4.39 Å². The molecule has 0 N–H and O–H groups in total. The van der Waals surface area contributed by atoms with Crippen molar-refractivity contribution < 1.29 is 14.3 Å². The van der Waals surface area contributed by atoms with E-state index in [1.807, 2.05) is 42.5 Å². The molecule has 0 saturated heterocycles. The SMILES string of the molecule is [2H]C([2H])([2H])c1ccc(-c2cc(F)ccn2)c2oc3ccc(C([2H])(C)c4ccccc4)cc3c12. The van der Waals surface area contributed by atoms with Crippen molar-refractivity contribution in [1.29, 1.82) is 0 Å². The fourth-order valence-electron chi connectivity index (χ4n) is 3.72. The van der Waals surface area contributed by atoms with Gasteiger partial charge >= 0.3 is 0 Å². The first kappa shape index (κ1) is 13.7. The van der Waals surface area contributed by atoms with Crippen LogP contribution in [0.1, 0.15) is 35.0 Å². The Morgan fingerprint density at radius 3 is 2.66 bits per heavy atom. The van der Waals surface area contributed by atoms with E-state index in [1.165, 1.54) is 24.4 Å². The molecule has 0 spiro atoms. The summed E-state index contributed by atoms with van der Waals surface area (Å²) in [6, 6.07) is 20.5. The number of halogens is 1. The maximum atomic E-state index is 13.9. The van der Waals surface area contributed by atoms with Gasteiger partial charge in [0.15, 0.2) is 0 Å². The lowest BCUT2D eigenvalue weighted by Gasteiger charge is -2.12. The third kappa shape index (κ3) is 2.99. The maximum absolute atomic E-state index is 13.9. The molecule has 0 bridgehead atoms. The molecule has 2 heterocycles. The molecule has 2 aromatic heterocycles. The van der Waals surface area contributed by atoms with Gasteiger partial charge in [0.25, 0.3) is 0 Å². The molecule has 0 saturated carbocycles. The maximum Gasteiger partial charge on any atom is 0.145 e. The summed E-state index contributed by atoms with van der Waals surface area (Å²) in [6.07, 6.45) is 1.36. The molecule has 29 heavy (non-hydrogen) atoms. The number of aryl methyl sites for hydroxylation is 1. The highest BCUT2D eigenvalue weighted by molar-refractivity contribution is 6.11. The van der Waals surface area contributed by atoms with Crippen LogP contribution in [-0.4, -0.2) is 4.98 Å². The molecule has 3 heteroatoms. The first-order valence-electron chi connectivity index (χ1n) is 11.3. The lowest BCUT2D eigenvalue weighted by molar-refractivity contribution is 0.626. The van der Waals surface area contributed by atoms with Crippen LogP contribution >= 0.6 is 0 Å². The monoisotopic (exact) mass is 385 g/mol. The van der Waals surface area contributed by atoms with Gasteiger partial charge in [-0.15, -0.1) is 0 Å². The average Bonchev–Trinajstić information content (AvgIpc) is 3.17. The van der Waals surface area contributed by atoms with Gasteiger partial charge in [-0.25, -0.2) is 4.39 Å². The molecule has 0 aliphatic carbocycles. The van der Waals surface area contributed by atoms with Crippen molar-refractivity contribution in [2.24, 2.45) is 0 Å². The van der Waals surface area contributed by atoms with Crippen molar-refractivity contribution in [2.75, 3.05) is 0 Å². The van der Waals surface area contributed by atoms with Gasteiger partial charge in [-0.05, 0) is 47.8 Å². The zero-order chi connectivity index (χ0) is 23.4. The van der Waals surface area contributed by atoms with Crippen molar-refractivity contribution in [3.63, 3.8) is 0 Å². The van der Waals surface area contributed by atoms with Gasteiger partial charge < -0.3 is 4.42 Å². The average molecular weight is 385 g/mol. The Bertz CT molecular complexity index is 1490. The van der Waals surface area contributed by atoms with Gasteiger partial charge in [0.1, 0.15) is 17.0 Å². The Balaban J connectivity index is 1.82. The minimum Gasteiger partial charge on any atom is -0.455 e. The van der Waals surface area contributed by atoms with E-state index in [4.69, 9.17) is 9.90 Å². The van der Waals surface area contributed by atoms with Crippen LogP contribution in [0.25, 0.3) is 33.2 Å². The smallest absolute Gasteiger partial charge is 0.145 e. The molecule has 0 aliphatic rings. The molecular formula is C26H20FNO. The Morgan fingerprint density at radius 2 is 1.86 bits per heavy atom. The quantitative estimate of drug-likeness (QED) is 0.327. The normalized spacial score (nSPS) is 16.1. The number of fused-ring (bicyclic) bond motifs is 3. The van der Waals surface area contributed by atoms with Crippen molar-refractivity contribution in [2.45, 2.75) is 19.7 Å². The molecule has 5 aromatic rings. The largest absolute Gasteiger partial charge is 0.455 e. The summed E-state index contributed by atoms with van der Waals surface area (Å²) in [5.74, 6) is -1.50. The topological polar surface area (TPSA) is 26.0 Å². The van der Waals surface area contributed by atoms with Crippen LogP contribution < -0.4 is 0 Å². The molecule has 3 aromatic carbocycles. The van der Waals surface area contributed by atoms with Crippen LogP contribution in [0, 0.1) is 12.7 Å². The van der Waals surface area contributed by atoms with Gasteiger partial charge in [0.2, 0.25) is 0 Å². The number of pyridine rings is 1. The summed E-state index contributed by atoms with van der Waals surface area (Å²) in [5, 5.41) is 1.03. The zero-order valence-corrected chi connectivity index (χ0v) is 15.7. The fourth-order valence-corrected chi connectivity index (χ4v) is 3.72. The van der Waals surface area contributed by atoms with Crippen molar-refractivity contribution in [3.05, 3.63) is 102 Å². The predicted molar refractivity (Wildman–Crippen MR) is 116 cm³/mol. The molecule has 0 aliphatic heterocycles. The number of hydrogen-bond acceptors (Lipinski definition) is 2. The minimum atomic E-state index is -2.39. The Kier molecular flexibility index (Phi) is 3.23. The molecule has 1 unspecified atom stereocenters. The molecule has 2 nitrogen and oxygen atoms in total. The summed E-state index contributed by atoms with van der Waals surface area (Å²) in [4.78, 5) is 4.25. The highest BCUT2D eigenvalue weighted by atomic mass is 19.1. The summed E-state index contributed by atoms with van der Waals surface area (Å²) >= 11 is 0. The van der Waals surface area contributed by atoms with E-state index in [9.17, 15) is 4.39 Å². The second-order valence-electron chi connectivity index (χ2n) is 7.03. The number of hydrogen-bond donors (Lipinski definition) is 0. The fraction of sp³-hybridized carbons (Fsp3) is 0.115. The number of rotatable bonds is 3. The minimum absolute atomic E-state index is 0.139. The van der Waals surface area contributed by atoms with E-state index in [0.29, 0.717) is 38.8 Å². The van der Waals surface area contributed by atoms with E-state index in [2.05, 4.69) is 4.98 Å². The van der Waals surface area contributed by atoms with Gasteiger partial charge in [0, 0.05) is 40.0 Å². The lowest BCUT2D eigenvalue weighted by atomic mass is 9.91. The third-order valence-corrected chi connectivity index (χ3v) is 5.26. The molecule has 142 valence electrons. The van der Waals surface area contributed by atoms with Gasteiger partial charge in [-0.3, -0.25) is 4.98 Å². The van der Waals surface area contributed by atoms with Crippen molar-refractivity contribution >= 4 is 21.9 Å². The molecule has 0 radical (unpaired) electrons. The first-order chi connectivity index (χ1) is 15.7. The van der Waals surface area contributed by atoms with E-state index in [1.54, 1.807) is 19.1 Å². The number of aromatic nitrogens is 1. The van der Waals surface area contributed by atoms with Crippen LogP contribution in [-0.2, 0) is 0 Å². The van der Waals surface area contributed by atoms with E-state index in [-0.39, 0.29) is 5.56 Å². The molecule has 0 amide bonds. The summed E-state index contributed by atoms with van der Waals surface area (Å²) < 4.78 is 53.2. The molecule has 5 rings (SSSR count). The van der Waals surface area contributed by atoms with Gasteiger partial charge in [0.05, 0.1) is 5.69 Å². The summed E-state index contributed by atoms with van der Waals surface area (Å²) in [5.41, 5.74) is 3.35. The molecule has 0 fully saturated rings. The second kappa shape index (κ2) is 6.85. The van der Waals surface area contributed by atoms with Gasteiger partial charge in [-0.2, -0.15) is 0 Å². The Hall–Kier alpha value is -3.46. The second-order valence-corrected chi connectivity index (χ2v) is 7.03. The molecular weight excluding hydrogens is 361 g/mol. The van der Waals surface area contributed by atoms with E-state index in [0.717, 1.165) is 5.56 Å². The van der Waals surface area contributed by atoms with Crippen LogP contribution in [0.15, 0.2) is 83.4 Å². The summed E-state index contributed by atoms with van der Waals surface area (Å²) in [6.45, 7) is -0.582. The Labute approximate surface area is 174 Å². The summed E-state index contributed by atoms with van der Waals surface area (Å²) in [7, 11) is 0. The van der Waals surface area contributed by atoms with E-state index >= 15 is 0 Å². The Morgan fingerprint density at radius 1 is 1.00 bits per heavy atom. The van der Waals surface area contributed by atoms with Crippen LogP contribution in [0.3, 0.4) is 0 Å². The van der Waals surface area contributed by atoms with Gasteiger partial charge in [-0.1, -0.05) is 49.4 Å². The number of furan rings is 1. The lowest BCUT2D eigenvalue weighted by Crippen LogP contribution is -1.95. The van der Waals surface area contributed by atoms with E-state index < -0.39 is 18.6 Å². The predicted octanol–water partition coefficient (Wildman–Crippen LogP) is 7.25. The third-order valence-electron chi connectivity index (χ3n) is 5.26. The van der Waals surface area contributed by atoms with Crippen molar-refractivity contribution in [3.8, 4) is 11.3 Å². The van der Waals surface area contributed by atoms with Crippen LogP contribution in [0.2, 0.25) is 0 Å². The standard InChI is InChI=1S/C26H20FNO/c1-16-8-10-21(23-15-20(27)12-13-28-23)26-25(16)22-14-19(9-11-24(22)29-26)17(2)18-6-4-3-5-7-18/h3-15,17H,1-2H3/i1D3,17D. The molecule has 1 atom stereocenters. The zero-order valence-electron chi connectivity index (χ0n) is 19.7. The first-order valence-corrected chi connectivity index (χ1v) is 9.34. The highest BCUT2D eigenvalue weighted by Gasteiger charge is 2.17. The van der Waals surface area contributed by atoms with Crippen molar-refractivity contribution in [1.82, 2.24) is 4.98 Å². The van der Waals surface area contributed by atoms with Crippen LogP contribution in [0.5, 0.6) is 0 Å².